The smallest absolute Gasteiger partial charge is 0.167 e. The van der Waals surface area contributed by atoms with Crippen LogP contribution in [-0.4, -0.2) is 25.9 Å². The second kappa shape index (κ2) is 7.94. The van der Waals surface area contributed by atoms with E-state index in [0.29, 0.717) is 18.0 Å². The summed E-state index contributed by atoms with van der Waals surface area (Å²) in [5.74, 6) is -0.232. The van der Waals surface area contributed by atoms with E-state index in [1.165, 1.54) is 6.07 Å². The number of nitrogen functional groups attached to an aromatic ring is 1. The van der Waals surface area contributed by atoms with E-state index in [1.54, 1.807) is 13.2 Å². The monoisotopic (exact) mass is 284 g/mol. The van der Waals surface area contributed by atoms with Crippen molar-refractivity contribution >= 4 is 11.4 Å². The van der Waals surface area contributed by atoms with Gasteiger partial charge >= 0.3 is 0 Å². The number of benzene rings is 1. The van der Waals surface area contributed by atoms with Crippen molar-refractivity contribution in [3.05, 3.63) is 17.9 Å². The van der Waals surface area contributed by atoms with Gasteiger partial charge in [-0.2, -0.15) is 0 Å². The topological polar surface area (TPSA) is 56.5 Å². The predicted molar refractivity (Wildman–Crippen MR) is 80.8 cm³/mol. The van der Waals surface area contributed by atoms with E-state index in [4.69, 9.17) is 15.2 Å². The fourth-order valence-corrected chi connectivity index (χ4v) is 2.00. The first-order chi connectivity index (χ1) is 9.47. The first-order valence-electron chi connectivity index (χ1n) is 6.99. The van der Waals surface area contributed by atoms with Gasteiger partial charge in [0.25, 0.3) is 0 Å². The maximum atomic E-state index is 13.8. The molecule has 3 N–H and O–H groups in total. The molecule has 0 radical (unpaired) electrons. The van der Waals surface area contributed by atoms with Crippen LogP contribution in [0.3, 0.4) is 0 Å². The molecule has 0 aliphatic heterocycles. The Morgan fingerprint density at radius 2 is 2.05 bits per heavy atom. The van der Waals surface area contributed by atoms with Gasteiger partial charge in [0.1, 0.15) is 0 Å². The number of ether oxygens (including phenoxy) is 2. The maximum absolute atomic E-state index is 13.8. The fourth-order valence-electron chi connectivity index (χ4n) is 2.00. The molecule has 0 fully saturated rings. The van der Waals surface area contributed by atoms with Crippen LogP contribution in [0.15, 0.2) is 12.1 Å². The lowest BCUT2D eigenvalue weighted by atomic mass is 10.1. The number of rotatable bonds is 8. The molecule has 0 saturated carbocycles. The summed E-state index contributed by atoms with van der Waals surface area (Å²) >= 11 is 0. The second-order valence-corrected chi connectivity index (χ2v) is 5.12. The van der Waals surface area contributed by atoms with Gasteiger partial charge in [-0.3, -0.25) is 0 Å². The predicted octanol–water partition coefficient (Wildman–Crippen LogP) is 3.42. The zero-order chi connectivity index (χ0) is 15.1. The average molecular weight is 284 g/mol. The first kappa shape index (κ1) is 16.6. The molecule has 0 bridgehead atoms. The van der Waals surface area contributed by atoms with Crippen molar-refractivity contribution in [2.75, 3.05) is 24.8 Å². The van der Waals surface area contributed by atoms with E-state index in [9.17, 15) is 4.39 Å². The van der Waals surface area contributed by atoms with Crippen LogP contribution in [0, 0.1) is 5.82 Å². The minimum Gasteiger partial charge on any atom is -0.488 e. The summed E-state index contributed by atoms with van der Waals surface area (Å²) in [7, 11) is 1.66. The van der Waals surface area contributed by atoms with Gasteiger partial charge in [0.2, 0.25) is 0 Å². The molecule has 0 aliphatic rings. The minimum atomic E-state index is -0.444. The van der Waals surface area contributed by atoms with Gasteiger partial charge in [-0.15, -0.1) is 0 Å². The summed E-state index contributed by atoms with van der Waals surface area (Å²) in [5.41, 5.74) is 6.91. The lowest BCUT2D eigenvalue weighted by Crippen LogP contribution is -2.25. The van der Waals surface area contributed by atoms with E-state index in [0.717, 1.165) is 12.8 Å². The molecule has 0 heterocycles. The highest BCUT2D eigenvalue weighted by Gasteiger charge is 2.14. The normalized spacial score (nSPS) is 12.5. The molecule has 0 aliphatic carbocycles. The molecule has 0 saturated heterocycles. The quantitative estimate of drug-likeness (QED) is 0.718. The summed E-state index contributed by atoms with van der Waals surface area (Å²) < 4.78 is 24.4. The van der Waals surface area contributed by atoms with E-state index in [2.05, 4.69) is 12.2 Å². The third-order valence-corrected chi connectivity index (χ3v) is 2.83. The summed E-state index contributed by atoms with van der Waals surface area (Å²) in [6.45, 7) is 6.39. The van der Waals surface area contributed by atoms with Gasteiger partial charge in [-0.25, -0.2) is 4.39 Å². The summed E-state index contributed by atoms with van der Waals surface area (Å²) in [6, 6.07) is 3.04. The van der Waals surface area contributed by atoms with Gasteiger partial charge < -0.3 is 20.5 Å². The summed E-state index contributed by atoms with van der Waals surface area (Å²) in [4.78, 5) is 0. The summed E-state index contributed by atoms with van der Waals surface area (Å²) in [6.07, 6.45) is 1.88. The van der Waals surface area contributed by atoms with Gasteiger partial charge in [0.05, 0.1) is 24.1 Å². The Balaban J connectivity index is 2.92. The molecule has 0 amide bonds. The van der Waals surface area contributed by atoms with Gasteiger partial charge in [0, 0.05) is 25.3 Å². The molecule has 1 rings (SSSR count). The van der Waals surface area contributed by atoms with Crippen LogP contribution in [0.1, 0.15) is 33.6 Å². The van der Waals surface area contributed by atoms with Crippen LogP contribution in [0.2, 0.25) is 0 Å². The molecule has 4 nitrogen and oxygen atoms in total. The van der Waals surface area contributed by atoms with Crippen molar-refractivity contribution in [2.45, 2.75) is 45.8 Å². The van der Waals surface area contributed by atoms with Crippen LogP contribution in [0.5, 0.6) is 5.75 Å². The number of hydrogen-bond donors (Lipinski definition) is 2. The van der Waals surface area contributed by atoms with Crippen LogP contribution in [-0.2, 0) is 4.74 Å². The zero-order valence-corrected chi connectivity index (χ0v) is 12.7. The molecule has 114 valence electrons. The van der Waals surface area contributed by atoms with Gasteiger partial charge in [0.15, 0.2) is 11.6 Å². The highest BCUT2D eigenvalue weighted by Crippen LogP contribution is 2.29. The Labute approximate surface area is 120 Å². The van der Waals surface area contributed by atoms with Gasteiger partial charge in [-0.1, -0.05) is 13.3 Å². The molecule has 0 spiro atoms. The van der Waals surface area contributed by atoms with E-state index < -0.39 is 5.82 Å². The molecular weight excluding hydrogens is 259 g/mol. The number of methoxy groups -OCH3 is 1. The Morgan fingerprint density at radius 3 is 2.60 bits per heavy atom. The molecular formula is C15H25FN2O2. The fraction of sp³-hybridized carbons (Fsp3) is 0.600. The maximum Gasteiger partial charge on any atom is 0.167 e. The number of nitrogens with one attached hydrogen (secondary N) is 1. The number of nitrogens with two attached hydrogens (primary N) is 1. The highest BCUT2D eigenvalue weighted by atomic mass is 19.1. The minimum absolute atomic E-state index is 0.0913. The largest absolute Gasteiger partial charge is 0.488 e. The number of hydrogen-bond acceptors (Lipinski definition) is 4. The SMILES string of the molecule is CCCC(COC)Nc1cc(OC(C)C)c(F)cc1N. The highest BCUT2D eigenvalue weighted by molar-refractivity contribution is 5.69. The van der Waals surface area contributed by atoms with Crippen LogP contribution in [0.25, 0.3) is 0 Å². The molecule has 20 heavy (non-hydrogen) atoms. The van der Waals surface area contributed by atoms with Crippen molar-refractivity contribution in [2.24, 2.45) is 0 Å². The Kier molecular flexibility index (Phi) is 6.58. The Bertz CT molecular complexity index is 419. The Hall–Kier alpha value is -1.49. The Morgan fingerprint density at radius 1 is 1.35 bits per heavy atom. The van der Waals surface area contributed by atoms with Crippen LogP contribution < -0.4 is 15.8 Å². The molecule has 5 heteroatoms. The van der Waals surface area contributed by atoms with E-state index in [1.807, 2.05) is 13.8 Å². The molecule has 1 aromatic carbocycles. The van der Waals surface area contributed by atoms with Crippen molar-refractivity contribution < 1.29 is 13.9 Å². The van der Waals surface area contributed by atoms with Crippen molar-refractivity contribution in [1.29, 1.82) is 0 Å². The lowest BCUT2D eigenvalue weighted by Gasteiger charge is -2.21. The first-order valence-corrected chi connectivity index (χ1v) is 6.99. The number of anilines is 2. The second-order valence-electron chi connectivity index (χ2n) is 5.12. The van der Waals surface area contributed by atoms with Crippen LogP contribution in [0.4, 0.5) is 15.8 Å². The number of halogens is 1. The van der Waals surface area contributed by atoms with Gasteiger partial charge in [-0.05, 0) is 20.3 Å². The van der Waals surface area contributed by atoms with Crippen molar-refractivity contribution in [3.63, 3.8) is 0 Å². The molecule has 1 aromatic rings. The standard InChI is InChI=1S/C15H25FN2O2/c1-5-6-11(9-19-4)18-14-8-15(20-10(2)3)12(16)7-13(14)17/h7-8,10-11,18H,5-6,9,17H2,1-4H3. The third kappa shape index (κ3) is 4.89. The lowest BCUT2D eigenvalue weighted by molar-refractivity contribution is 0.182. The van der Waals surface area contributed by atoms with E-state index in [-0.39, 0.29) is 17.9 Å². The van der Waals surface area contributed by atoms with Crippen molar-refractivity contribution in [3.8, 4) is 5.75 Å². The zero-order valence-electron chi connectivity index (χ0n) is 12.7. The molecule has 1 unspecified atom stereocenters. The summed E-state index contributed by atoms with van der Waals surface area (Å²) in [5, 5.41) is 3.29. The average Bonchev–Trinajstić information content (AvgIpc) is 2.35. The van der Waals surface area contributed by atoms with Crippen LogP contribution >= 0.6 is 0 Å². The van der Waals surface area contributed by atoms with Crippen molar-refractivity contribution in [1.82, 2.24) is 0 Å². The molecule has 0 aromatic heterocycles. The molecule has 1 atom stereocenters. The third-order valence-electron chi connectivity index (χ3n) is 2.83. The van der Waals surface area contributed by atoms with E-state index >= 15 is 0 Å².